The van der Waals surface area contributed by atoms with Gasteiger partial charge in [0, 0.05) is 35.7 Å². The maximum Gasteiger partial charge on any atom is 0.0299 e. The van der Waals surface area contributed by atoms with Gasteiger partial charge < -0.3 is 0 Å². The van der Waals surface area contributed by atoms with Crippen molar-refractivity contribution in [3.05, 3.63) is 82.9 Å². The molecule has 2 aliphatic rings. The second-order valence-corrected chi connectivity index (χ2v) is 7.47. The van der Waals surface area contributed by atoms with Gasteiger partial charge in [-0.1, -0.05) is 84.9 Å². The van der Waals surface area contributed by atoms with Crippen LogP contribution in [0.1, 0.15) is 34.1 Å². The summed E-state index contributed by atoms with van der Waals surface area (Å²) in [7, 11) is 0.496. The molecule has 0 saturated carbocycles. The van der Waals surface area contributed by atoms with Crippen LogP contribution >= 0.6 is 0 Å². The van der Waals surface area contributed by atoms with Gasteiger partial charge in [0.05, 0.1) is 0 Å². The van der Waals surface area contributed by atoms with E-state index in [1.807, 2.05) is 0 Å². The predicted molar refractivity (Wildman–Crippen MR) is 93.2 cm³/mol. The summed E-state index contributed by atoms with van der Waals surface area (Å²) in [6.45, 7) is 0. The monoisotopic (exact) mass is 377 g/mol. The molecule has 0 nitrogen and oxygen atoms in total. The Morgan fingerprint density at radius 2 is 1.14 bits per heavy atom. The number of rotatable bonds is 4. The smallest absolute Gasteiger partial charge is 0.0299 e. The van der Waals surface area contributed by atoms with Gasteiger partial charge in [0.1, 0.15) is 0 Å². The Labute approximate surface area is 154 Å². The van der Waals surface area contributed by atoms with Crippen LogP contribution in [-0.4, -0.2) is 9.52 Å². The summed E-state index contributed by atoms with van der Waals surface area (Å²) in [6, 6.07) is 20.4. The molecular formula is C20H19SiZr. The van der Waals surface area contributed by atoms with Crippen molar-refractivity contribution in [1.29, 1.82) is 0 Å². The zero-order valence-electron chi connectivity index (χ0n) is 12.6. The van der Waals surface area contributed by atoms with Crippen LogP contribution in [-0.2, 0) is 26.2 Å². The Morgan fingerprint density at radius 1 is 0.682 bits per heavy atom. The normalized spacial score (nSPS) is 20.5. The number of hydrogen-bond acceptors (Lipinski definition) is 0. The zero-order chi connectivity index (χ0) is 14.1. The van der Waals surface area contributed by atoms with E-state index in [9.17, 15) is 0 Å². The summed E-state index contributed by atoms with van der Waals surface area (Å²) < 4.78 is 0. The van der Waals surface area contributed by atoms with Crippen molar-refractivity contribution in [2.75, 3.05) is 0 Å². The summed E-state index contributed by atoms with van der Waals surface area (Å²) in [5.74, 6) is 1.33. The Hall–Kier alpha value is -0.980. The standard InChI is InChI=1S/C20H19Si.Zr/c1-3-7-19-15(5-1)9-11-17(19)13-21-14-18-12-10-16-6-2-4-8-20(16)18;/h1-12,17-18,21H,13-14H2;. The molecule has 0 amide bonds. The number of fused-ring (bicyclic) bond motifs is 2. The van der Waals surface area contributed by atoms with E-state index in [2.05, 4.69) is 72.8 Å². The molecule has 0 aliphatic heterocycles. The number of benzene rings is 2. The second-order valence-electron chi connectivity index (χ2n) is 5.95. The largest absolute Gasteiger partial charge is 0.0767 e. The molecule has 2 heteroatoms. The van der Waals surface area contributed by atoms with Gasteiger partial charge in [0.15, 0.2) is 0 Å². The minimum atomic E-state index is 0. The molecule has 2 atom stereocenters. The van der Waals surface area contributed by atoms with Crippen LogP contribution in [0.5, 0.6) is 0 Å². The predicted octanol–water partition coefficient (Wildman–Crippen LogP) is 4.88. The van der Waals surface area contributed by atoms with Crippen LogP contribution in [0.25, 0.3) is 12.2 Å². The Morgan fingerprint density at radius 3 is 1.64 bits per heavy atom. The summed E-state index contributed by atoms with van der Waals surface area (Å²) in [5, 5.41) is 0. The first-order chi connectivity index (χ1) is 10.4. The molecule has 0 fully saturated rings. The van der Waals surface area contributed by atoms with Crippen LogP contribution in [0.3, 0.4) is 0 Å². The molecule has 2 aliphatic carbocycles. The zero-order valence-corrected chi connectivity index (χ0v) is 16.2. The molecule has 0 heterocycles. The summed E-state index contributed by atoms with van der Waals surface area (Å²) >= 11 is 0. The summed E-state index contributed by atoms with van der Waals surface area (Å²) in [4.78, 5) is 0. The molecule has 0 bridgehead atoms. The second kappa shape index (κ2) is 7.06. The maximum atomic E-state index is 2.40. The van der Waals surface area contributed by atoms with E-state index in [1.54, 1.807) is 0 Å². The van der Waals surface area contributed by atoms with Crippen molar-refractivity contribution >= 4 is 21.7 Å². The average molecular weight is 379 g/mol. The molecule has 0 N–H and O–H groups in total. The molecule has 107 valence electrons. The van der Waals surface area contributed by atoms with Gasteiger partial charge in [-0.05, 0) is 34.1 Å². The molecule has 2 unspecified atom stereocenters. The fourth-order valence-corrected chi connectivity index (χ4v) is 5.25. The van der Waals surface area contributed by atoms with Gasteiger partial charge in [0.2, 0.25) is 0 Å². The SMILES string of the molecule is C1=CC(C[SiH]CC2C=Cc3ccccc32)c2ccccc21.[Zr]. The summed E-state index contributed by atoms with van der Waals surface area (Å²) in [5.41, 5.74) is 5.92. The van der Waals surface area contributed by atoms with Gasteiger partial charge in [-0.3, -0.25) is 0 Å². The fraction of sp³-hybridized carbons (Fsp3) is 0.200. The van der Waals surface area contributed by atoms with Crippen molar-refractivity contribution in [3.8, 4) is 0 Å². The van der Waals surface area contributed by atoms with Crippen LogP contribution in [0.4, 0.5) is 0 Å². The first kappa shape index (κ1) is 15.9. The molecule has 0 spiro atoms. The van der Waals surface area contributed by atoms with E-state index in [0.717, 1.165) is 0 Å². The Kier molecular flexibility index (Phi) is 5.10. The topological polar surface area (TPSA) is 0 Å². The molecule has 1 radical (unpaired) electrons. The minimum absolute atomic E-state index is 0. The van der Waals surface area contributed by atoms with Crippen molar-refractivity contribution in [2.45, 2.75) is 23.9 Å². The molecule has 4 rings (SSSR count). The quantitative estimate of drug-likeness (QED) is 0.665. The van der Waals surface area contributed by atoms with Crippen molar-refractivity contribution in [2.24, 2.45) is 0 Å². The van der Waals surface area contributed by atoms with Gasteiger partial charge in [-0.25, -0.2) is 0 Å². The maximum absolute atomic E-state index is 2.40. The number of allylic oxidation sites excluding steroid dienone is 2. The van der Waals surface area contributed by atoms with E-state index in [0.29, 0.717) is 21.4 Å². The number of hydrogen-bond donors (Lipinski definition) is 0. The fourth-order valence-electron chi connectivity index (χ4n) is 3.51. The first-order valence-corrected chi connectivity index (χ1v) is 9.41. The van der Waals surface area contributed by atoms with E-state index >= 15 is 0 Å². The van der Waals surface area contributed by atoms with Crippen LogP contribution in [0.2, 0.25) is 12.1 Å². The van der Waals surface area contributed by atoms with E-state index in [1.165, 1.54) is 34.3 Å². The van der Waals surface area contributed by atoms with Crippen molar-refractivity contribution in [3.63, 3.8) is 0 Å². The van der Waals surface area contributed by atoms with Gasteiger partial charge in [0.25, 0.3) is 0 Å². The van der Waals surface area contributed by atoms with E-state index < -0.39 is 0 Å². The first-order valence-electron chi connectivity index (χ1n) is 7.78. The van der Waals surface area contributed by atoms with Crippen LogP contribution < -0.4 is 0 Å². The minimum Gasteiger partial charge on any atom is -0.0767 e. The van der Waals surface area contributed by atoms with Crippen LogP contribution in [0, 0.1) is 0 Å². The molecule has 2 aromatic carbocycles. The van der Waals surface area contributed by atoms with Crippen molar-refractivity contribution in [1.82, 2.24) is 0 Å². The van der Waals surface area contributed by atoms with Gasteiger partial charge in [-0.2, -0.15) is 0 Å². The third-order valence-electron chi connectivity index (χ3n) is 4.65. The van der Waals surface area contributed by atoms with Crippen LogP contribution in [0.15, 0.2) is 60.7 Å². The molecule has 2 aromatic rings. The Balaban J connectivity index is 0.00000144. The van der Waals surface area contributed by atoms with Gasteiger partial charge in [-0.15, -0.1) is 0 Å². The molecular weight excluding hydrogens is 360 g/mol. The molecule has 0 aromatic heterocycles. The average Bonchev–Trinajstić information content (AvgIpc) is 3.13. The van der Waals surface area contributed by atoms with Gasteiger partial charge >= 0.3 is 0 Å². The van der Waals surface area contributed by atoms with E-state index in [4.69, 9.17) is 0 Å². The van der Waals surface area contributed by atoms with E-state index in [-0.39, 0.29) is 26.2 Å². The van der Waals surface area contributed by atoms with Crippen molar-refractivity contribution < 1.29 is 26.2 Å². The molecule has 22 heavy (non-hydrogen) atoms. The third kappa shape index (κ3) is 3.05. The third-order valence-corrected chi connectivity index (χ3v) is 6.33. The summed E-state index contributed by atoms with van der Waals surface area (Å²) in [6.07, 6.45) is 9.39. The molecule has 0 saturated heterocycles. The Bertz CT molecular complexity index is 656.